The number of H-pyrrole nitrogens is 1. The number of alkyl halides is 3. The maximum atomic E-state index is 13.3. The Hall–Kier alpha value is -2.54. The second kappa shape index (κ2) is 6.02. The lowest BCUT2D eigenvalue weighted by molar-refractivity contribution is -0.155. The average molecular weight is 360 g/mol. The highest BCUT2D eigenvalue weighted by atomic mass is 19.4. The summed E-state index contributed by atoms with van der Waals surface area (Å²) in [6.07, 6.45) is -2.20. The molecule has 1 aliphatic heterocycles. The maximum absolute atomic E-state index is 13.3. The molecule has 4 rings (SSSR count). The molecule has 3 heterocycles. The molecule has 0 spiro atoms. The minimum atomic E-state index is -4.31. The van der Waals surface area contributed by atoms with Crippen molar-refractivity contribution in [1.29, 1.82) is 0 Å². The molecule has 0 saturated carbocycles. The predicted octanol–water partition coefficient (Wildman–Crippen LogP) is 4.04. The number of nitrogens with one attached hydrogen (secondary N) is 1. The van der Waals surface area contributed by atoms with E-state index in [0.717, 1.165) is 22.2 Å². The molecule has 2 atom stereocenters. The van der Waals surface area contributed by atoms with E-state index in [1.807, 2.05) is 31.2 Å². The molecule has 136 valence electrons. The van der Waals surface area contributed by atoms with E-state index >= 15 is 0 Å². The van der Waals surface area contributed by atoms with Gasteiger partial charge in [0.1, 0.15) is 0 Å². The van der Waals surface area contributed by atoms with Crippen LogP contribution in [-0.2, 0) is 6.42 Å². The van der Waals surface area contributed by atoms with Gasteiger partial charge in [0.25, 0.3) is 0 Å². The number of aromatic nitrogens is 2. The fourth-order valence-corrected chi connectivity index (χ4v) is 3.91. The summed E-state index contributed by atoms with van der Waals surface area (Å²) in [5.74, 6) is 0. The number of benzene rings is 1. The zero-order valence-corrected chi connectivity index (χ0v) is 14.2. The van der Waals surface area contributed by atoms with Crippen molar-refractivity contribution in [2.45, 2.75) is 31.6 Å². The van der Waals surface area contributed by atoms with Crippen LogP contribution in [0.2, 0.25) is 0 Å². The van der Waals surface area contributed by atoms with E-state index in [4.69, 9.17) is 5.73 Å². The van der Waals surface area contributed by atoms with Crippen LogP contribution in [0.3, 0.4) is 0 Å². The van der Waals surface area contributed by atoms with Crippen LogP contribution >= 0.6 is 0 Å². The molecule has 4 nitrogen and oxygen atoms in total. The lowest BCUT2D eigenvalue weighted by atomic mass is 9.90. The largest absolute Gasteiger partial charge is 0.401 e. The van der Waals surface area contributed by atoms with Crippen LogP contribution in [0.5, 0.6) is 0 Å². The van der Waals surface area contributed by atoms with Gasteiger partial charge in [-0.3, -0.25) is 9.88 Å². The van der Waals surface area contributed by atoms with E-state index in [0.29, 0.717) is 17.8 Å². The van der Waals surface area contributed by atoms with Gasteiger partial charge in [-0.05, 0) is 37.1 Å². The lowest BCUT2D eigenvalue weighted by Gasteiger charge is -2.40. The molecule has 26 heavy (non-hydrogen) atoms. The van der Waals surface area contributed by atoms with E-state index in [1.165, 1.54) is 4.90 Å². The molecule has 1 aromatic carbocycles. The minimum Gasteiger partial charge on any atom is -0.397 e. The summed E-state index contributed by atoms with van der Waals surface area (Å²) in [5, 5.41) is 1.04. The van der Waals surface area contributed by atoms with Gasteiger partial charge in [-0.2, -0.15) is 13.2 Å². The van der Waals surface area contributed by atoms with Gasteiger partial charge in [0, 0.05) is 28.8 Å². The third-order valence-electron chi connectivity index (χ3n) is 5.01. The van der Waals surface area contributed by atoms with Gasteiger partial charge in [-0.15, -0.1) is 0 Å². The molecule has 1 aliphatic rings. The van der Waals surface area contributed by atoms with Crippen LogP contribution in [0, 0.1) is 0 Å². The molecule has 2 unspecified atom stereocenters. The number of nitrogen functional groups attached to an aromatic ring is 1. The van der Waals surface area contributed by atoms with Crippen LogP contribution in [0.15, 0.2) is 42.6 Å². The number of hydrogen-bond acceptors (Lipinski definition) is 3. The first kappa shape index (κ1) is 16.9. The molecule has 3 aromatic rings. The van der Waals surface area contributed by atoms with Crippen molar-refractivity contribution < 1.29 is 13.2 Å². The Bertz CT molecular complexity index is 947. The summed E-state index contributed by atoms with van der Waals surface area (Å²) in [6.45, 7) is 0.812. The third-order valence-corrected chi connectivity index (χ3v) is 5.01. The number of rotatable bonds is 2. The SMILES string of the molecule is CC1Cc2c([nH]c3ccccc23)C(c2ncccc2N)N1CC(F)(F)F. The first-order valence-corrected chi connectivity index (χ1v) is 8.47. The summed E-state index contributed by atoms with van der Waals surface area (Å²) in [4.78, 5) is 9.10. The Labute approximate surface area is 148 Å². The number of halogens is 3. The molecule has 0 aliphatic carbocycles. The Morgan fingerprint density at radius 1 is 1.23 bits per heavy atom. The average Bonchev–Trinajstić information content (AvgIpc) is 2.94. The third kappa shape index (κ3) is 2.82. The maximum Gasteiger partial charge on any atom is 0.401 e. The van der Waals surface area contributed by atoms with Crippen LogP contribution < -0.4 is 5.73 Å². The first-order valence-electron chi connectivity index (χ1n) is 8.47. The van der Waals surface area contributed by atoms with Gasteiger partial charge in [0.2, 0.25) is 0 Å². The fourth-order valence-electron chi connectivity index (χ4n) is 3.91. The molecular weight excluding hydrogens is 341 g/mol. The van der Waals surface area contributed by atoms with E-state index in [9.17, 15) is 13.2 Å². The number of fused-ring (bicyclic) bond motifs is 3. The lowest BCUT2D eigenvalue weighted by Crippen LogP contribution is -2.47. The van der Waals surface area contributed by atoms with Crippen LogP contribution in [0.25, 0.3) is 10.9 Å². The highest BCUT2D eigenvalue weighted by molar-refractivity contribution is 5.85. The Balaban J connectivity index is 1.93. The molecule has 3 N–H and O–H groups in total. The zero-order valence-electron chi connectivity index (χ0n) is 14.2. The first-order chi connectivity index (χ1) is 12.3. The number of hydrogen-bond donors (Lipinski definition) is 2. The number of nitrogens with two attached hydrogens (primary N) is 1. The van der Waals surface area contributed by atoms with Gasteiger partial charge < -0.3 is 10.7 Å². The molecule has 0 bridgehead atoms. The van der Waals surface area contributed by atoms with Crippen LogP contribution in [0.1, 0.15) is 29.9 Å². The van der Waals surface area contributed by atoms with Gasteiger partial charge in [0.05, 0.1) is 24.0 Å². The van der Waals surface area contributed by atoms with Crippen molar-refractivity contribution in [2.75, 3.05) is 12.3 Å². The van der Waals surface area contributed by atoms with E-state index in [2.05, 4.69) is 9.97 Å². The summed E-state index contributed by atoms with van der Waals surface area (Å²) >= 11 is 0. The van der Waals surface area contributed by atoms with Crippen LogP contribution in [-0.4, -0.2) is 33.6 Å². The number of para-hydroxylation sites is 1. The smallest absolute Gasteiger partial charge is 0.397 e. The predicted molar refractivity (Wildman–Crippen MR) is 94.7 cm³/mol. The number of nitrogens with zero attached hydrogens (tertiary/aromatic N) is 2. The fraction of sp³-hybridized carbons (Fsp3) is 0.316. The number of aromatic amines is 1. The molecule has 7 heteroatoms. The van der Waals surface area contributed by atoms with Crippen molar-refractivity contribution in [3.8, 4) is 0 Å². The summed E-state index contributed by atoms with van der Waals surface area (Å²) < 4.78 is 39.8. The van der Waals surface area contributed by atoms with Crippen molar-refractivity contribution in [3.05, 3.63) is 59.5 Å². The Kier molecular flexibility index (Phi) is 3.91. The van der Waals surface area contributed by atoms with Gasteiger partial charge in [-0.25, -0.2) is 0 Å². The highest BCUT2D eigenvalue weighted by Gasteiger charge is 2.42. The van der Waals surface area contributed by atoms with Crippen molar-refractivity contribution in [2.24, 2.45) is 0 Å². The van der Waals surface area contributed by atoms with E-state index < -0.39 is 18.8 Å². The zero-order chi connectivity index (χ0) is 18.5. The summed E-state index contributed by atoms with van der Waals surface area (Å²) in [7, 11) is 0. The minimum absolute atomic E-state index is 0.297. The number of anilines is 1. The molecule has 0 fully saturated rings. The molecule has 0 saturated heterocycles. The Morgan fingerprint density at radius 2 is 2.00 bits per heavy atom. The standard InChI is InChI=1S/C19H19F3N4/c1-11-9-13-12-5-2-3-7-15(12)25-16(13)18(26(11)10-19(20,21)22)17-14(23)6-4-8-24-17/h2-8,11,18,25H,9-10,23H2,1H3. The van der Waals surface area contributed by atoms with Crippen molar-refractivity contribution in [1.82, 2.24) is 14.9 Å². The Morgan fingerprint density at radius 3 is 2.73 bits per heavy atom. The molecular formula is C19H19F3N4. The summed E-state index contributed by atoms with van der Waals surface area (Å²) in [5.41, 5.74) is 9.64. The molecule has 2 aromatic heterocycles. The van der Waals surface area contributed by atoms with Crippen molar-refractivity contribution >= 4 is 16.6 Å². The van der Waals surface area contributed by atoms with Crippen LogP contribution in [0.4, 0.5) is 18.9 Å². The van der Waals surface area contributed by atoms with Gasteiger partial charge in [-0.1, -0.05) is 18.2 Å². The second-order valence-electron chi connectivity index (χ2n) is 6.78. The normalized spacial score (nSPS) is 21.1. The van der Waals surface area contributed by atoms with Gasteiger partial charge in [0.15, 0.2) is 0 Å². The molecule has 0 radical (unpaired) electrons. The van der Waals surface area contributed by atoms with Crippen molar-refractivity contribution in [3.63, 3.8) is 0 Å². The molecule has 0 amide bonds. The van der Waals surface area contributed by atoms with Gasteiger partial charge >= 0.3 is 6.18 Å². The number of pyridine rings is 1. The van der Waals surface area contributed by atoms with E-state index in [1.54, 1.807) is 18.3 Å². The highest BCUT2D eigenvalue weighted by Crippen LogP contribution is 2.42. The second-order valence-corrected chi connectivity index (χ2v) is 6.78. The quantitative estimate of drug-likeness (QED) is 0.725. The topological polar surface area (TPSA) is 57.9 Å². The summed E-state index contributed by atoms with van der Waals surface area (Å²) in [6, 6.07) is 10.2. The monoisotopic (exact) mass is 360 g/mol. The van der Waals surface area contributed by atoms with E-state index in [-0.39, 0.29) is 6.04 Å².